The molecule has 0 N–H and O–H groups in total. The van der Waals surface area contributed by atoms with Crippen molar-refractivity contribution in [3.05, 3.63) is 60.1 Å². The molecule has 2 heterocycles. The topological polar surface area (TPSA) is 25.8 Å². The van der Waals surface area contributed by atoms with Crippen LogP contribution in [-0.2, 0) is 0 Å². The number of fused-ring (bicyclic) bond motifs is 1. The number of hydrogen-bond donors (Lipinski definition) is 0. The van der Waals surface area contributed by atoms with Crippen LogP contribution in [0.2, 0.25) is 5.15 Å². The molecule has 17 heavy (non-hydrogen) atoms. The Morgan fingerprint density at radius 3 is 2.47 bits per heavy atom. The third-order valence-electron chi connectivity index (χ3n) is 2.70. The van der Waals surface area contributed by atoms with Crippen LogP contribution in [0.4, 0.5) is 0 Å². The molecule has 0 saturated carbocycles. The van der Waals surface area contributed by atoms with Gasteiger partial charge in [0, 0.05) is 24.0 Å². The Hall–Kier alpha value is -1.93. The maximum absolute atomic E-state index is 5.90. The van der Waals surface area contributed by atoms with E-state index in [-0.39, 0.29) is 0 Å². The van der Waals surface area contributed by atoms with Crippen molar-refractivity contribution in [2.75, 3.05) is 0 Å². The maximum atomic E-state index is 5.90. The molecular weight excluding hydrogens is 232 g/mol. The largest absolute Gasteiger partial charge is 0.265 e. The van der Waals surface area contributed by atoms with Crippen LogP contribution in [-0.4, -0.2) is 9.97 Å². The highest BCUT2D eigenvalue weighted by Gasteiger charge is 2.00. The van der Waals surface area contributed by atoms with E-state index in [9.17, 15) is 0 Å². The third-order valence-corrected chi connectivity index (χ3v) is 2.91. The first-order chi connectivity index (χ1) is 8.33. The van der Waals surface area contributed by atoms with E-state index < -0.39 is 0 Å². The van der Waals surface area contributed by atoms with Crippen LogP contribution < -0.4 is 0 Å². The lowest BCUT2D eigenvalue weighted by molar-refractivity contribution is 1.33. The molecule has 0 radical (unpaired) electrons. The fraction of sp³-hybridized carbons (Fsp3) is 0. The SMILES string of the molecule is Clc1cc2cc(-c3ccncc3)ccc2cn1. The van der Waals surface area contributed by atoms with Crippen molar-refractivity contribution in [1.82, 2.24) is 9.97 Å². The molecule has 0 aliphatic rings. The van der Waals surface area contributed by atoms with Gasteiger partial charge in [0.15, 0.2) is 0 Å². The van der Waals surface area contributed by atoms with Gasteiger partial charge in [0.25, 0.3) is 0 Å². The number of benzene rings is 1. The van der Waals surface area contributed by atoms with Crippen LogP contribution in [0.1, 0.15) is 0 Å². The van der Waals surface area contributed by atoms with Gasteiger partial charge in [-0.05, 0) is 40.8 Å². The van der Waals surface area contributed by atoms with Crippen molar-refractivity contribution < 1.29 is 0 Å². The van der Waals surface area contributed by atoms with Crippen LogP contribution in [0, 0.1) is 0 Å². The molecule has 3 heteroatoms. The predicted octanol–water partition coefficient (Wildman–Crippen LogP) is 3.95. The Balaban J connectivity index is 2.19. The van der Waals surface area contributed by atoms with E-state index in [0.29, 0.717) is 5.15 Å². The molecule has 2 aromatic heterocycles. The van der Waals surface area contributed by atoms with E-state index in [4.69, 9.17) is 11.6 Å². The van der Waals surface area contributed by atoms with Gasteiger partial charge in [0.2, 0.25) is 0 Å². The van der Waals surface area contributed by atoms with Gasteiger partial charge in [-0.25, -0.2) is 4.98 Å². The minimum Gasteiger partial charge on any atom is -0.265 e. The summed E-state index contributed by atoms with van der Waals surface area (Å²) in [6.07, 6.45) is 5.37. The fourth-order valence-corrected chi connectivity index (χ4v) is 2.00. The van der Waals surface area contributed by atoms with Gasteiger partial charge in [0.05, 0.1) is 0 Å². The second-order valence-electron chi connectivity index (χ2n) is 3.80. The van der Waals surface area contributed by atoms with Gasteiger partial charge in [-0.1, -0.05) is 23.7 Å². The highest BCUT2D eigenvalue weighted by Crippen LogP contribution is 2.24. The molecule has 0 saturated heterocycles. The van der Waals surface area contributed by atoms with Crippen LogP contribution >= 0.6 is 11.6 Å². The Bertz CT molecular complexity index is 665. The second kappa shape index (κ2) is 4.15. The summed E-state index contributed by atoms with van der Waals surface area (Å²) < 4.78 is 0. The molecule has 0 aliphatic carbocycles. The van der Waals surface area contributed by atoms with Crippen LogP contribution in [0.5, 0.6) is 0 Å². The summed E-state index contributed by atoms with van der Waals surface area (Å²) in [4.78, 5) is 8.08. The summed E-state index contributed by atoms with van der Waals surface area (Å²) in [5.41, 5.74) is 2.30. The maximum Gasteiger partial charge on any atom is 0.129 e. The summed E-state index contributed by atoms with van der Waals surface area (Å²) >= 11 is 5.90. The summed E-state index contributed by atoms with van der Waals surface area (Å²) in [6.45, 7) is 0. The van der Waals surface area contributed by atoms with E-state index in [0.717, 1.165) is 21.9 Å². The molecule has 82 valence electrons. The van der Waals surface area contributed by atoms with Gasteiger partial charge in [-0.15, -0.1) is 0 Å². The normalized spacial score (nSPS) is 10.6. The number of halogens is 1. The number of rotatable bonds is 1. The van der Waals surface area contributed by atoms with Gasteiger partial charge < -0.3 is 0 Å². The molecule has 1 aromatic carbocycles. The van der Waals surface area contributed by atoms with Crippen LogP contribution in [0.3, 0.4) is 0 Å². The smallest absolute Gasteiger partial charge is 0.129 e. The Kier molecular flexibility index (Phi) is 2.50. The van der Waals surface area contributed by atoms with Gasteiger partial charge in [-0.2, -0.15) is 0 Å². The summed E-state index contributed by atoms with van der Waals surface area (Å²) in [5, 5.41) is 2.70. The average Bonchev–Trinajstić information content (AvgIpc) is 2.39. The van der Waals surface area contributed by atoms with E-state index >= 15 is 0 Å². The second-order valence-corrected chi connectivity index (χ2v) is 4.19. The Morgan fingerprint density at radius 1 is 0.824 bits per heavy atom. The monoisotopic (exact) mass is 240 g/mol. The first kappa shape index (κ1) is 10.2. The van der Waals surface area contributed by atoms with Crippen LogP contribution in [0.25, 0.3) is 21.9 Å². The summed E-state index contributed by atoms with van der Waals surface area (Å²) in [6, 6.07) is 12.1. The zero-order chi connectivity index (χ0) is 11.7. The lowest BCUT2D eigenvalue weighted by atomic mass is 10.0. The van der Waals surface area contributed by atoms with Crippen molar-refractivity contribution in [3.8, 4) is 11.1 Å². The highest BCUT2D eigenvalue weighted by atomic mass is 35.5. The van der Waals surface area contributed by atoms with Crippen molar-refractivity contribution in [3.63, 3.8) is 0 Å². The number of nitrogens with zero attached hydrogens (tertiary/aromatic N) is 2. The molecule has 0 atom stereocenters. The van der Waals surface area contributed by atoms with Crippen molar-refractivity contribution >= 4 is 22.4 Å². The summed E-state index contributed by atoms with van der Waals surface area (Å²) in [5.74, 6) is 0. The molecule has 0 amide bonds. The Labute approximate surface area is 104 Å². The van der Waals surface area contributed by atoms with Crippen LogP contribution in [0.15, 0.2) is 55.0 Å². The van der Waals surface area contributed by atoms with Crippen molar-refractivity contribution in [2.24, 2.45) is 0 Å². The Morgan fingerprint density at radius 2 is 1.65 bits per heavy atom. The average molecular weight is 241 g/mol. The van der Waals surface area contributed by atoms with E-state index in [1.54, 1.807) is 18.6 Å². The molecule has 0 bridgehead atoms. The molecule has 3 rings (SSSR count). The van der Waals surface area contributed by atoms with Gasteiger partial charge >= 0.3 is 0 Å². The lowest BCUT2D eigenvalue weighted by Crippen LogP contribution is -1.81. The van der Waals surface area contributed by atoms with Crippen molar-refractivity contribution in [2.45, 2.75) is 0 Å². The predicted molar refractivity (Wildman–Crippen MR) is 70.0 cm³/mol. The minimum absolute atomic E-state index is 0.518. The number of pyridine rings is 2. The van der Waals surface area contributed by atoms with Crippen molar-refractivity contribution in [1.29, 1.82) is 0 Å². The quantitative estimate of drug-likeness (QED) is 0.602. The fourth-order valence-electron chi connectivity index (χ4n) is 1.84. The zero-order valence-electron chi connectivity index (χ0n) is 8.97. The van der Waals surface area contributed by atoms with Gasteiger partial charge in [-0.3, -0.25) is 4.98 Å². The van der Waals surface area contributed by atoms with E-state index in [2.05, 4.69) is 28.2 Å². The molecule has 2 nitrogen and oxygen atoms in total. The molecule has 0 unspecified atom stereocenters. The first-order valence-electron chi connectivity index (χ1n) is 5.29. The first-order valence-corrected chi connectivity index (χ1v) is 5.66. The van der Waals surface area contributed by atoms with Gasteiger partial charge in [0.1, 0.15) is 5.15 Å². The zero-order valence-corrected chi connectivity index (χ0v) is 9.72. The number of hydrogen-bond acceptors (Lipinski definition) is 2. The lowest BCUT2D eigenvalue weighted by Gasteiger charge is -2.03. The van der Waals surface area contributed by atoms with E-state index in [1.807, 2.05) is 18.2 Å². The molecule has 0 spiro atoms. The highest BCUT2D eigenvalue weighted by molar-refractivity contribution is 6.30. The molecular formula is C14H9ClN2. The third kappa shape index (κ3) is 1.99. The molecule has 0 aliphatic heterocycles. The molecule has 3 aromatic rings. The van der Waals surface area contributed by atoms with E-state index in [1.165, 1.54) is 0 Å². The summed E-state index contributed by atoms with van der Waals surface area (Å²) in [7, 11) is 0. The minimum atomic E-state index is 0.518. The standard InChI is InChI=1S/C14H9ClN2/c15-14-8-13-7-11(1-2-12(13)9-17-14)10-3-5-16-6-4-10/h1-9H. The number of aromatic nitrogens is 2. The molecule has 0 fully saturated rings.